The van der Waals surface area contributed by atoms with E-state index < -0.39 is 37.7 Å². The first-order valence-corrected chi connectivity index (χ1v) is 12.1. The zero-order valence-electron chi connectivity index (χ0n) is 20.6. The van der Waals surface area contributed by atoms with Crippen molar-refractivity contribution in [3.63, 3.8) is 0 Å². The highest BCUT2D eigenvalue weighted by Gasteiger charge is 2.37. The molecule has 10 heteroatoms. The number of piperidine rings is 1. The summed E-state index contributed by atoms with van der Waals surface area (Å²) < 4.78 is 90.3. The quantitative estimate of drug-likeness (QED) is 0.229. The lowest BCUT2D eigenvalue weighted by atomic mass is 9.82. The Kier molecular flexibility index (Phi) is 10.3. The minimum Gasteiger partial charge on any atom is -0.484 e. The van der Waals surface area contributed by atoms with Gasteiger partial charge in [-0.3, -0.25) is 4.90 Å². The Morgan fingerprint density at radius 2 is 1.57 bits per heavy atom. The first-order chi connectivity index (χ1) is 17.6. The van der Waals surface area contributed by atoms with E-state index in [0.717, 1.165) is 0 Å². The predicted octanol–water partition coefficient (Wildman–Crippen LogP) is 6.17. The number of hydrogen-bond donors (Lipinski definition) is 0. The molecular weight excluding hydrogens is 500 g/mol. The van der Waals surface area contributed by atoms with Gasteiger partial charge in [0.05, 0.1) is 0 Å². The molecule has 0 amide bonds. The van der Waals surface area contributed by atoms with Crippen LogP contribution in [0.3, 0.4) is 0 Å². The van der Waals surface area contributed by atoms with Crippen molar-refractivity contribution in [2.75, 3.05) is 26.3 Å². The average Bonchev–Trinajstić information content (AvgIpc) is 2.85. The molecule has 0 bridgehead atoms. The second-order valence-electron chi connectivity index (χ2n) is 9.45. The Hall–Kier alpha value is -2.75. The van der Waals surface area contributed by atoms with E-state index in [9.17, 15) is 26.7 Å². The molecule has 0 aliphatic carbocycles. The maximum atomic E-state index is 15.7. The van der Waals surface area contributed by atoms with Crippen molar-refractivity contribution in [3.05, 3.63) is 58.9 Å². The second-order valence-corrected chi connectivity index (χ2v) is 9.45. The van der Waals surface area contributed by atoms with Crippen molar-refractivity contribution in [1.82, 2.24) is 4.90 Å². The molecule has 3 rings (SSSR count). The summed E-state index contributed by atoms with van der Waals surface area (Å²) in [4.78, 5) is 13.8. The molecule has 0 saturated carbocycles. The molecule has 37 heavy (non-hydrogen) atoms. The molecule has 0 aromatic heterocycles. The molecule has 2 aromatic rings. The van der Waals surface area contributed by atoms with Crippen molar-refractivity contribution in [1.29, 1.82) is 0 Å². The van der Waals surface area contributed by atoms with E-state index in [4.69, 9.17) is 9.47 Å². The van der Waals surface area contributed by atoms with Crippen LogP contribution in [-0.4, -0.2) is 56.0 Å². The molecule has 1 saturated heterocycles. The Balaban J connectivity index is 1.65. The Labute approximate surface area is 212 Å². The first kappa shape index (κ1) is 28.8. The minimum atomic E-state index is -2.79. The van der Waals surface area contributed by atoms with Gasteiger partial charge in [0, 0.05) is 31.1 Å². The number of carbonyl (C=O) groups excluding carboxylic acids is 1. The molecule has 1 unspecified atom stereocenters. The van der Waals surface area contributed by atoms with Crippen LogP contribution in [0.2, 0.25) is 0 Å². The maximum Gasteiger partial charge on any atom is 0.272 e. The number of carbonyl (C=O) groups is 1. The van der Waals surface area contributed by atoms with E-state index in [1.165, 1.54) is 18.2 Å². The smallest absolute Gasteiger partial charge is 0.272 e. The van der Waals surface area contributed by atoms with E-state index >= 15 is 4.39 Å². The maximum absolute atomic E-state index is 15.7. The van der Waals surface area contributed by atoms with Gasteiger partial charge >= 0.3 is 0 Å². The average molecular weight is 532 g/mol. The van der Waals surface area contributed by atoms with Crippen molar-refractivity contribution in [2.24, 2.45) is 5.92 Å². The number of halogens is 6. The standard InChI is InChI=1S/C27H31F6NO3/c1-18-10-23(36-16-25(29)30)24(37-17-26(31)32)12-21(18)11-19(15-35)13-27(33)6-8-34(9-7-27)14-20-4-2-3-5-22(20)28/h2-5,10,12,15,19,25-26H,6-9,11,13-14,16-17H2,1H3. The highest BCUT2D eigenvalue weighted by atomic mass is 19.3. The van der Waals surface area contributed by atoms with Gasteiger partial charge in [0.25, 0.3) is 12.9 Å². The SMILES string of the molecule is Cc1cc(OCC(F)F)c(OCC(F)F)cc1CC(C=O)CC1(F)CCN(Cc2ccccc2F)CC1. The van der Waals surface area contributed by atoms with Crippen LogP contribution < -0.4 is 9.47 Å². The van der Waals surface area contributed by atoms with Crippen molar-refractivity contribution in [3.8, 4) is 11.5 Å². The van der Waals surface area contributed by atoms with Crippen LogP contribution in [0, 0.1) is 18.7 Å². The van der Waals surface area contributed by atoms with Gasteiger partial charge in [0.1, 0.15) is 31.0 Å². The number of aldehydes is 1. The predicted molar refractivity (Wildman–Crippen MR) is 127 cm³/mol. The second kappa shape index (κ2) is 13.2. The molecule has 204 valence electrons. The van der Waals surface area contributed by atoms with Gasteiger partial charge in [-0.15, -0.1) is 0 Å². The number of rotatable bonds is 13. The van der Waals surface area contributed by atoms with Crippen LogP contribution in [-0.2, 0) is 17.8 Å². The van der Waals surface area contributed by atoms with Crippen LogP contribution in [0.4, 0.5) is 26.3 Å². The van der Waals surface area contributed by atoms with Crippen molar-refractivity contribution >= 4 is 6.29 Å². The lowest BCUT2D eigenvalue weighted by Gasteiger charge is -2.37. The first-order valence-electron chi connectivity index (χ1n) is 12.1. The molecule has 1 heterocycles. The van der Waals surface area contributed by atoms with Crippen LogP contribution in [0.25, 0.3) is 0 Å². The Bertz CT molecular complexity index is 1030. The lowest BCUT2D eigenvalue weighted by molar-refractivity contribution is -0.112. The molecule has 1 aliphatic heterocycles. The van der Waals surface area contributed by atoms with Gasteiger partial charge in [-0.05, 0) is 61.9 Å². The number of benzene rings is 2. The summed E-state index contributed by atoms with van der Waals surface area (Å²) >= 11 is 0. The third-order valence-corrected chi connectivity index (χ3v) is 6.54. The van der Waals surface area contributed by atoms with E-state index in [-0.39, 0.29) is 43.0 Å². The molecule has 0 radical (unpaired) electrons. The summed E-state index contributed by atoms with van der Waals surface area (Å²) in [7, 11) is 0. The summed E-state index contributed by atoms with van der Waals surface area (Å²) in [5.74, 6) is -1.24. The number of hydrogen-bond acceptors (Lipinski definition) is 4. The van der Waals surface area contributed by atoms with E-state index in [0.29, 0.717) is 42.6 Å². The third kappa shape index (κ3) is 8.66. The van der Waals surface area contributed by atoms with Gasteiger partial charge in [0.2, 0.25) is 0 Å². The summed E-state index contributed by atoms with van der Waals surface area (Å²) in [5.41, 5.74) is 0.0843. The molecular formula is C27H31F6NO3. The van der Waals surface area contributed by atoms with E-state index in [2.05, 4.69) is 0 Å². The highest BCUT2D eigenvalue weighted by Crippen LogP contribution is 2.37. The molecule has 2 aromatic carbocycles. The molecule has 1 atom stereocenters. The number of likely N-dealkylation sites (tertiary alicyclic amines) is 1. The summed E-state index contributed by atoms with van der Waals surface area (Å²) in [6.07, 6.45) is -4.40. The third-order valence-electron chi connectivity index (χ3n) is 6.54. The largest absolute Gasteiger partial charge is 0.484 e. The van der Waals surface area contributed by atoms with Gasteiger partial charge in [-0.2, -0.15) is 0 Å². The fraction of sp³-hybridized carbons (Fsp3) is 0.519. The normalized spacial score (nSPS) is 16.7. The molecule has 0 spiro atoms. The summed E-state index contributed by atoms with van der Waals surface area (Å²) in [6.45, 7) is 0.978. The monoisotopic (exact) mass is 531 g/mol. The van der Waals surface area contributed by atoms with Crippen LogP contribution in [0.1, 0.15) is 36.0 Å². The van der Waals surface area contributed by atoms with Gasteiger partial charge in [-0.1, -0.05) is 18.2 Å². The van der Waals surface area contributed by atoms with Crippen LogP contribution in [0.5, 0.6) is 11.5 Å². The summed E-state index contributed by atoms with van der Waals surface area (Å²) in [5, 5.41) is 0. The molecule has 1 fully saturated rings. The molecule has 4 nitrogen and oxygen atoms in total. The number of alkyl halides is 5. The zero-order chi connectivity index (χ0) is 27.0. The number of nitrogens with zero attached hydrogens (tertiary/aromatic N) is 1. The summed E-state index contributed by atoms with van der Waals surface area (Å²) in [6, 6.07) is 9.22. The lowest BCUT2D eigenvalue weighted by Crippen LogP contribution is -2.42. The topological polar surface area (TPSA) is 38.8 Å². The highest BCUT2D eigenvalue weighted by molar-refractivity contribution is 5.56. The number of aryl methyl sites for hydroxylation is 1. The van der Waals surface area contributed by atoms with Crippen LogP contribution >= 0.6 is 0 Å². The fourth-order valence-electron chi connectivity index (χ4n) is 4.56. The zero-order valence-corrected chi connectivity index (χ0v) is 20.6. The van der Waals surface area contributed by atoms with E-state index in [1.807, 2.05) is 4.90 Å². The molecule has 1 aliphatic rings. The Morgan fingerprint density at radius 1 is 0.973 bits per heavy atom. The Morgan fingerprint density at radius 3 is 2.14 bits per heavy atom. The molecule has 0 N–H and O–H groups in total. The number of ether oxygens (including phenoxy) is 2. The van der Waals surface area contributed by atoms with Crippen LogP contribution in [0.15, 0.2) is 36.4 Å². The van der Waals surface area contributed by atoms with Crippen molar-refractivity contribution in [2.45, 2.75) is 57.7 Å². The van der Waals surface area contributed by atoms with E-state index in [1.54, 1.807) is 25.1 Å². The van der Waals surface area contributed by atoms with Crippen molar-refractivity contribution < 1.29 is 40.6 Å². The van der Waals surface area contributed by atoms with Gasteiger partial charge in [-0.25, -0.2) is 26.3 Å². The fourth-order valence-corrected chi connectivity index (χ4v) is 4.56. The van der Waals surface area contributed by atoms with Gasteiger partial charge in [0.15, 0.2) is 11.5 Å². The van der Waals surface area contributed by atoms with Gasteiger partial charge < -0.3 is 14.3 Å². The minimum absolute atomic E-state index is 0.0274.